The molecule has 0 radical (unpaired) electrons. The number of carbonyl (C=O) groups is 2. The number of nitrogens with zero attached hydrogens (tertiary/aromatic N) is 1. The summed E-state index contributed by atoms with van der Waals surface area (Å²) in [4.78, 5) is 28.3. The van der Waals surface area contributed by atoms with Gasteiger partial charge in [0.1, 0.15) is 0 Å². The van der Waals surface area contributed by atoms with Gasteiger partial charge in [0.15, 0.2) is 0 Å². The third kappa shape index (κ3) is 5.13. The summed E-state index contributed by atoms with van der Waals surface area (Å²) in [5.41, 5.74) is 2.90. The molecule has 2 N–H and O–H groups in total. The van der Waals surface area contributed by atoms with Crippen LogP contribution >= 0.6 is 24.2 Å². The van der Waals surface area contributed by atoms with Gasteiger partial charge in [0.2, 0.25) is 5.91 Å². The second kappa shape index (κ2) is 10.1. The van der Waals surface area contributed by atoms with E-state index in [-0.39, 0.29) is 30.3 Å². The van der Waals surface area contributed by atoms with Crippen LogP contribution in [-0.2, 0) is 11.2 Å². The summed E-state index contributed by atoms with van der Waals surface area (Å²) < 4.78 is 0. The van der Waals surface area contributed by atoms with E-state index in [0.29, 0.717) is 11.3 Å². The van der Waals surface area contributed by atoms with Crippen LogP contribution in [0.25, 0.3) is 0 Å². The number of amides is 2. The normalized spacial score (nSPS) is 16.1. The summed E-state index contributed by atoms with van der Waals surface area (Å²) in [5.74, 6) is 0.365. The van der Waals surface area contributed by atoms with Gasteiger partial charge in [-0.15, -0.1) is 24.2 Å². The quantitative estimate of drug-likeness (QED) is 0.713. The molecule has 0 saturated carbocycles. The molecule has 2 aliphatic rings. The largest absolute Gasteiger partial charge is 0.349 e. The summed E-state index contributed by atoms with van der Waals surface area (Å²) in [5, 5.41) is 6.45. The van der Waals surface area contributed by atoms with Crippen molar-refractivity contribution in [1.82, 2.24) is 10.6 Å². The predicted octanol–water partition coefficient (Wildman–Crippen LogP) is 3.27. The van der Waals surface area contributed by atoms with Crippen molar-refractivity contribution in [1.29, 1.82) is 0 Å². The maximum Gasteiger partial charge on any atom is 0.252 e. The van der Waals surface area contributed by atoms with Crippen LogP contribution in [0.15, 0.2) is 53.4 Å². The number of benzene rings is 2. The molecule has 0 spiro atoms. The SMILES string of the molecule is Cl.O=C(NC1CCNCC1)c1ccccc1SCC(=O)N1CCc2ccccc21. The number of rotatable bonds is 5. The number of hydrogen-bond acceptors (Lipinski definition) is 4. The molecular formula is C22H26ClN3O2S. The number of hydrogen-bond donors (Lipinski definition) is 2. The van der Waals surface area contributed by atoms with Crippen LogP contribution in [-0.4, -0.2) is 43.2 Å². The van der Waals surface area contributed by atoms with Gasteiger partial charge in [-0.05, 0) is 56.1 Å². The molecule has 2 aromatic carbocycles. The Kier molecular flexibility index (Phi) is 7.58. The van der Waals surface area contributed by atoms with Gasteiger partial charge in [0.05, 0.1) is 11.3 Å². The second-order valence-corrected chi connectivity index (χ2v) is 8.22. The Balaban J connectivity index is 0.00000240. The lowest BCUT2D eigenvalue weighted by atomic mass is 10.1. The van der Waals surface area contributed by atoms with E-state index < -0.39 is 0 Å². The molecule has 1 saturated heterocycles. The van der Waals surface area contributed by atoms with Crippen molar-refractivity contribution >= 4 is 41.7 Å². The number of nitrogens with one attached hydrogen (secondary N) is 2. The number of fused-ring (bicyclic) bond motifs is 1. The molecule has 154 valence electrons. The van der Waals surface area contributed by atoms with E-state index in [0.717, 1.165) is 49.5 Å². The predicted molar refractivity (Wildman–Crippen MR) is 120 cm³/mol. The van der Waals surface area contributed by atoms with Crippen LogP contribution in [0, 0.1) is 0 Å². The summed E-state index contributed by atoms with van der Waals surface area (Å²) in [6.45, 7) is 2.61. The van der Waals surface area contributed by atoms with E-state index in [9.17, 15) is 9.59 Å². The maximum absolute atomic E-state index is 12.8. The Morgan fingerprint density at radius 3 is 2.62 bits per heavy atom. The fraction of sp³-hybridized carbons (Fsp3) is 0.364. The highest BCUT2D eigenvalue weighted by atomic mass is 35.5. The van der Waals surface area contributed by atoms with Gasteiger partial charge in [-0.1, -0.05) is 30.3 Å². The highest BCUT2D eigenvalue weighted by Gasteiger charge is 2.25. The molecule has 2 aliphatic heterocycles. The maximum atomic E-state index is 12.8. The zero-order valence-electron chi connectivity index (χ0n) is 16.2. The number of halogens is 1. The van der Waals surface area contributed by atoms with E-state index in [4.69, 9.17) is 0 Å². The molecule has 2 aromatic rings. The zero-order valence-corrected chi connectivity index (χ0v) is 17.9. The minimum Gasteiger partial charge on any atom is -0.349 e. The van der Waals surface area contributed by atoms with Crippen LogP contribution in [0.5, 0.6) is 0 Å². The summed E-state index contributed by atoms with van der Waals surface area (Å²) in [6, 6.07) is 15.8. The summed E-state index contributed by atoms with van der Waals surface area (Å²) >= 11 is 1.44. The van der Waals surface area contributed by atoms with E-state index >= 15 is 0 Å². The van der Waals surface area contributed by atoms with Crippen molar-refractivity contribution in [3.05, 3.63) is 59.7 Å². The van der Waals surface area contributed by atoms with Crippen molar-refractivity contribution in [3.63, 3.8) is 0 Å². The average Bonchev–Trinajstić information content (AvgIpc) is 3.17. The smallest absolute Gasteiger partial charge is 0.252 e. The molecule has 29 heavy (non-hydrogen) atoms. The van der Waals surface area contributed by atoms with E-state index in [2.05, 4.69) is 16.7 Å². The average molecular weight is 432 g/mol. The van der Waals surface area contributed by atoms with Gasteiger partial charge >= 0.3 is 0 Å². The van der Waals surface area contributed by atoms with Gasteiger partial charge in [0.25, 0.3) is 5.91 Å². The third-order valence-electron chi connectivity index (χ3n) is 5.35. The molecule has 1 fully saturated rings. The Morgan fingerprint density at radius 1 is 1.07 bits per heavy atom. The number of thioether (sulfide) groups is 1. The first-order valence-electron chi connectivity index (χ1n) is 9.84. The molecule has 0 bridgehead atoms. The van der Waals surface area contributed by atoms with E-state index in [1.165, 1.54) is 17.3 Å². The van der Waals surface area contributed by atoms with Crippen molar-refractivity contribution in [2.45, 2.75) is 30.2 Å². The van der Waals surface area contributed by atoms with Crippen molar-refractivity contribution < 1.29 is 9.59 Å². The zero-order chi connectivity index (χ0) is 19.3. The molecule has 0 aliphatic carbocycles. The number of para-hydroxylation sites is 1. The van der Waals surface area contributed by atoms with Gasteiger partial charge in [-0.25, -0.2) is 0 Å². The molecule has 7 heteroatoms. The molecule has 2 amide bonds. The first-order chi connectivity index (χ1) is 13.7. The van der Waals surface area contributed by atoms with Crippen LogP contribution in [0.4, 0.5) is 5.69 Å². The second-order valence-electron chi connectivity index (χ2n) is 7.21. The fourth-order valence-electron chi connectivity index (χ4n) is 3.82. The van der Waals surface area contributed by atoms with Gasteiger partial charge in [0, 0.05) is 23.2 Å². The lowest BCUT2D eigenvalue weighted by molar-refractivity contribution is -0.116. The Morgan fingerprint density at radius 2 is 1.79 bits per heavy atom. The van der Waals surface area contributed by atoms with Crippen LogP contribution < -0.4 is 15.5 Å². The van der Waals surface area contributed by atoms with Gasteiger partial charge in [-0.3, -0.25) is 9.59 Å². The summed E-state index contributed by atoms with van der Waals surface area (Å²) in [6.07, 6.45) is 2.81. The first-order valence-corrected chi connectivity index (χ1v) is 10.8. The highest BCUT2D eigenvalue weighted by Crippen LogP contribution is 2.29. The van der Waals surface area contributed by atoms with Crippen LogP contribution in [0.1, 0.15) is 28.8 Å². The number of carbonyl (C=O) groups excluding carboxylic acids is 2. The Labute approximate surface area is 182 Å². The Bertz CT molecular complexity index is 871. The van der Waals surface area contributed by atoms with Gasteiger partial charge in [-0.2, -0.15) is 0 Å². The van der Waals surface area contributed by atoms with Crippen molar-refractivity contribution in [3.8, 4) is 0 Å². The minimum atomic E-state index is -0.0473. The molecule has 0 unspecified atom stereocenters. The fourth-order valence-corrected chi connectivity index (χ4v) is 4.75. The van der Waals surface area contributed by atoms with Crippen LogP contribution in [0.2, 0.25) is 0 Å². The monoisotopic (exact) mass is 431 g/mol. The molecule has 0 atom stereocenters. The van der Waals surface area contributed by atoms with E-state index in [1.807, 2.05) is 47.4 Å². The Hall–Kier alpha value is -2.02. The molecular weight excluding hydrogens is 406 g/mol. The third-order valence-corrected chi connectivity index (χ3v) is 6.40. The minimum absolute atomic E-state index is 0. The first kappa shape index (κ1) is 21.7. The van der Waals surface area contributed by atoms with Crippen molar-refractivity contribution in [2.75, 3.05) is 30.3 Å². The highest BCUT2D eigenvalue weighted by molar-refractivity contribution is 8.00. The summed E-state index contributed by atoms with van der Waals surface area (Å²) in [7, 11) is 0. The standard InChI is InChI=1S/C22H25N3O2S.ClH/c26-21(25-14-11-16-5-1-3-7-19(16)25)15-28-20-8-4-2-6-18(20)22(27)24-17-9-12-23-13-10-17;/h1-8,17,23H,9-15H2,(H,24,27);1H. The van der Waals surface area contributed by atoms with E-state index in [1.54, 1.807) is 0 Å². The number of anilines is 1. The van der Waals surface area contributed by atoms with Crippen LogP contribution in [0.3, 0.4) is 0 Å². The van der Waals surface area contributed by atoms with Crippen molar-refractivity contribution in [2.24, 2.45) is 0 Å². The number of piperidine rings is 1. The molecule has 0 aromatic heterocycles. The lowest BCUT2D eigenvalue weighted by Gasteiger charge is -2.24. The molecule has 2 heterocycles. The molecule has 4 rings (SSSR count). The molecule has 5 nitrogen and oxygen atoms in total. The van der Waals surface area contributed by atoms with Gasteiger partial charge < -0.3 is 15.5 Å². The topological polar surface area (TPSA) is 61.4 Å². The lowest BCUT2D eigenvalue weighted by Crippen LogP contribution is -2.42.